The predicted octanol–water partition coefficient (Wildman–Crippen LogP) is 1.17. The maximum atomic E-state index is 13.0. The number of rotatable bonds is 3. The summed E-state index contributed by atoms with van der Waals surface area (Å²) in [6.45, 7) is -0.300. The summed E-state index contributed by atoms with van der Waals surface area (Å²) in [5, 5.41) is 15.9. The maximum Gasteiger partial charge on any atom is 0.325 e. The van der Waals surface area contributed by atoms with Crippen LogP contribution in [0.4, 0.5) is 4.39 Å². The second kappa shape index (κ2) is 4.09. The lowest BCUT2D eigenvalue weighted by Gasteiger charge is -2.03. The summed E-state index contributed by atoms with van der Waals surface area (Å²) >= 11 is 0. The molecule has 0 spiro atoms. The minimum atomic E-state index is -1.02. The zero-order chi connectivity index (χ0) is 11.5. The van der Waals surface area contributed by atoms with Gasteiger partial charge in [0.25, 0.3) is 0 Å². The van der Waals surface area contributed by atoms with Gasteiger partial charge in [-0.2, -0.15) is 0 Å². The largest absolute Gasteiger partial charge is 0.480 e. The van der Waals surface area contributed by atoms with E-state index in [1.807, 2.05) is 0 Å². The van der Waals surface area contributed by atoms with Gasteiger partial charge < -0.3 is 5.11 Å². The Labute approximate surface area is 90.1 Å². The molecule has 0 unspecified atom stereocenters. The molecule has 16 heavy (non-hydrogen) atoms. The molecule has 0 fully saturated rings. The van der Waals surface area contributed by atoms with Gasteiger partial charge in [-0.1, -0.05) is 17.3 Å². The minimum absolute atomic E-state index is 0.300. The molecule has 0 saturated heterocycles. The van der Waals surface area contributed by atoms with E-state index in [4.69, 9.17) is 5.11 Å². The summed E-state index contributed by atoms with van der Waals surface area (Å²) in [7, 11) is 0. The van der Waals surface area contributed by atoms with E-state index in [2.05, 4.69) is 10.3 Å². The second-order valence-corrected chi connectivity index (χ2v) is 3.18. The number of carbonyl (C=O) groups is 1. The van der Waals surface area contributed by atoms with Gasteiger partial charge in [-0.25, -0.2) is 9.07 Å². The zero-order valence-corrected chi connectivity index (χ0v) is 8.17. The number of halogens is 1. The minimum Gasteiger partial charge on any atom is -0.480 e. The lowest BCUT2D eigenvalue weighted by molar-refractivity contribution is -0.137. The van der Waals surface area contributed by atoms with Gasteiger partial charge in [-0.05, 0) is 12.1 Å². The van der Waals surface area contributed by atoms with Crippen LogP contribution in [0.25, 0.3) is 11.3 Å². The van der Waals surface area contributed by atoms with Crippen molar-refractivity contribution >= 4 is 5.97 Å². The van der Waals surface area contributed by atoms with Crippen molar-refractivity contribution in [1.29, 1.82) is 0 Å². The van der Waals surface area contributed by atoms with Gasteiger partial charge in [0.15, 0.2) is 0 Å². The monoisotopic (exact) mass is 221 g/mol. The number of benzene rings is 1. The molecular weight excluding hydrogens is 213 g/mol. The number of hydrogen-bond acceptors (Lipinski definition) is 3. The molecule has 1 N–H and O–H groups in total. The highest BCUT2D eigenvalue weighted by molar-refractivity contribution is 5.68. The molecule has 0 radical (unpaired) electrons. The van der Waals surface area contributed by atoms with Crippen molar-refractivity contribution in [3.63, 3.8) is 0 Å². The third-order valence-corrected chi connectivity index (χ3v) is 2.02. The van der Waals surface area contributed by atoms with Crippen molar-refractivity contribution < 1.29 is 14.3 Å². The van der Waals surface area contributed by atoms with E-state index in [1.165, 1.54) is 23.0 Å². The van der Waals surface area contributed by atoms with Crippen molar-refractivity contribution in [2.45, 2.75) is 6.54 Å². The first kappa shape index (κ1) is 10.3. The van der Waals surface area contributed by atoms with Gasteiger partial charge in [0.1, 0.15) is 12.4 Å². The molecule has 0 bridgehead atoms. The summed E-state index contributed by atoms with van der Waals surface area (Å²) in [4.78, 5) is 10.6. The third kappa shape index (κ3) is 2.05. The molecule has 0 atom stereocenters. The molecule has 2 aromatic rings. The smallest absolute Gasteiger partial charge is 0.325 e. The van der Waals surface area contributed by atoms with Crippen LogP contribution in [0.3, 0.4) is 0 Å². The van der Waals surface area contributed by atoms with Gasteiger partial charge in [-0.3, -0.25) is 4.79 Å². The lowest BCUT2D eigenvalue weighted by atomic mass is 10.1. The highest BCUT2D eigenvalue weighted by atomic mass is 19.1. The molecule has 6 heteroatoms. The molecule has 82 valence electrons. The van der Waals surface area contributed by atoms with Gasteiger partial charge in [0.05, 0.1) is 11.9 Å². The van der Waals surface area contributed by atoms with E-state index < -0.39 is 5.97 Å². The first-order chi connectivity index (χ1) is 7.66. The third-order valence-electron chi connectivity index (χ3n) is 2.02. The summed E-state index contributed by atoms with van der Waals surface area (Å²) in [6, 6.07) is 5.83. The molecule has 1 heterocycles. The molecule has 0 aliphatic heterocycles. The van der Waals surface area contributed by atoms with Crippen LogP contribution in [0.15, 0.2) is 30.5 Å². The highest BCUT2D eigenvalue weighted by Crippen LogP contribution is 2.18. The standard InChI is InChI=1S/C10H8FN3O2/c11-8-3-1-2-7(4-8)9-5-12-13-14(9)6-10(15)16/h1-5H,6H2,(H,15,16). The van der Waals surface area contributed by atoms with Gasteiger partial charge in [-0.15, -0.1) is 5.10 Å². The Morgan fingerprint density at radius 3 is 3.00 bits per heavy atom. The highest BCUT2D eigenvalue weighted by Gasteiger charge is 2.09. The van der Waals surface area contributed by atoms with Crippen molar-refractivity contribution in [2.24, 2.45) is 0 Å². The molecule has 0 saturated carbocycles. The van der Waals surface area contributed by atoms with Crippen LogP contribution in [-0.4, -0.2) is 26.1 Å². The molecule has 1 aromatic heterocycles. The van der Waals surface area contributed by atoms with Crippen molar-refractivity contribution in [3.05, 3.63) is 36.3 Å². The van der Waals surface area contributed by atoms with Crippen LogP contribution in [0.2, 0.25) is 0 Å². The lowest BCUT2D eigenvalue weighted by Crippen LogP contribution is -2.11. The van der Waals surface area contributed by atoms with E-state index in [0.29, 0.717) is 11.3 Å². The molecular formula is C10H8FN3O2. The molecule has 5 nitrogen and oxygen atoms in total. The molecule has 1 aromatic carbocycles. The van der Waals surface area contributed by atoms with Gasteiger partial charge in [0.2, 0.25) is 0 Å². The fourth-order valence-corrected chi connectivity index (χ4v) is 1.37. The molecule has 0 aliphatic rings. The van der Waals surface area contributed by atoms with E-state index in [9.17, 15) is 9.18 Å². The second-order valence-electron chi connectivity index (χ2n) is 3.18. The van der Waals surface area contributed by atoms with Gasteiger partial charge >= 0.3 is 5.97 Å². The number of carboxylic acid groups (broad SMARTS) is 1. The number of nitrogens with zero attached hydrogens (tertiary/aromatic N) is 3. The van der Waals surface area contributed by atoms with Crippen molar-refractivity contribution in [2.75, 3.05) is 0 Å². The fraction of sp³-hybridized carbons (Fsp3) is 0.100. The van der Waals surface area contributed by atoms with Crippen LogP contribution in [0.1, 0.15) is 0 Å². The van der Waals surface area contributed by atoms with E-state index in [0.717, 1.165) is 0 Å². The zero-order valence-electron chi connectivity index (χ0n) is 8.17. The average molecular weight is 221 g/mol. The number of aliphatic carboxylic acids is 1. The Morgan fingerprint density at radius 1 is 1.50 bits per heavy atom. The summed E-state index contributed by atoms with van der Waals surface area (Å²) in [5.41, 5.74) is 1.02. The first-order valence-corrected chi connectivity index (χ1v) is 4.53. The normalized spacial score (nSPS) is 10.3. The maximum absolute atomic E-state index is 13.0. The number of hydrogen-bond donors (Lipinski definition) is 1. The Balaban J connectivity index is 2.40. The summed E-state index contributed by atoms with van der Waals surface area (Å²) in [6.07, 6.45) is 1.40. The first-order valence-electron chi connectivity index (χ1n) is 4.53. The fourth-order valence-electron chi connectivity index (χ4n) is 1.37. The Bertz CT molecular complexity index is 524. The summed E-state index contributed by atoms with van der Waals surface area (Å²) in [5.74, 6) is -1.41. The Kier molecular flexibility index (Phi) is 2.63. The average Bonchev–Trinajstić information content (AvgIpc) is 2.65. The Morgan fingerprint density at radius 2 is 2.31 bits per heavy atom. The van der Waals surface area contributed by atoms with Crippen molar-refractivity contribution in [3.8, 4) is 11.3 Å². The number of aromatic nitrogens is 3. The van der Waals surface area contributed by atoms with Crippen LogP contribution >= 0.6 is 0 Å². The van der Waals surface area contributed by atoms with Crippen molar-refractivity contribution in [1.82, 2.24) is 15.0 Å². The quantitative estimate of drug-likeness (QED) is 0.844. The number of carboxylic acids is 1. The van der Waals surface area contributed by atoms with E-state index >= 15 is 0 Å². The SMILES string of the molecule is O=C(O)Cn1nncc1-c1cccc(F)c1. The van der Waals surface area contributed by atoms with E-state index in [1.54, 1.807) is 12.1 Å². The van der Waals surface area contributed by atoms with Crippen LogP contribution in [0.5, 0.6) is 0 Å². The van der Waals surface area contributed by atoms with Crippen LogP contribution < -0.4 is 0 Å². The topological polar surface area (TPSA) is 68.0 Å². The predicted molar refractivity (Wildman–Crippen MR) is 53.1 cm³/mol. The van der Waals surface area contributed by atoms with E-state index in [-0.39, 0.29) is 12.4 Å². The van der Waals surface area contributed by atoms with Crippen LogP contribution in [-0.2, 0) is 11.3 Å². The Hall–Kier alpha value is -2.24. The van der Waals surface area contributed by atoms with Crippen LogP contribution in [0, 0.1) is 5.82 Å². The molecule has 0 amide bonds. The van der Waals surface area contributed by atoms with Gasteiger partial charge in [0, 0.05) is 5.56 Å². The molecule has 2 rings (SSSR count). The summed E-state index contributed by atoms with van der Waals surface area (Å²) < 4.78 is 14.2. The molecule has 0 aliphatic carbocycles.